The van der Waals surface area contributed by atoms with Crippen molar-refractivity contribution in [3.05, 3.63) is 91.3 Å². The molecule has 0 heterocycles. The Hall–Kier alpha value is -7.02. The first-order valence-corrected chi connectivity index (χ1v) is 24.2. The molecule has 0 radical (unpaired) electrons. The van der Waals surface area contributed by atoms with Crippen LogP contribution in [-0.2, 0) is 62.6 Å². The number of hydrogen-bond acceptors (Lipinski definition) is 12. The van der Waals surface area contributed by atoms with E-state index in [0.717, 1.165) is 33.4 Å². The van der Waals surface area contributed by atoms with Crippen LogP contribution in [0.15, 0.2) is 41.5 Å². The minimum absolute atomic E-state index is 0.0885. The molecule has 10 N–H and O–H groups in total. The van der Waals surface area contributed by atoms with Gasteiger partial charge in [-0.25, -0.2) is 9.59 Å². The molecule has 6 amide bonds. The van der Waals surface area contributed by atoms with Gasteiger partial charge in [-0.3, -0.25) is 9.59 Å². The molecule has 0 spiro atoms. The van der Waals surface area contributed by atoms with E-state index in [1.807, 2.05) is 6.92 Å². The van der Waals surface area contributed by atoms with Gasteiger partial charge >= 0.3 is 12.1 Å². The maximum atomic E-state index is 13.9. The van der Waals surface area contributed by atoms with Gasteiger partial charge in [0.25, 0.3) is 11.8 Å². The van der Waals surface area contributed by atoms with E-state index < -0.39 is 23.5 Å². The van der Waals surface area contributed by atoms with E-state index in [9.17, 15) is 33.6 Å². The highest BCUT2D eigenvalue weighted by molar-refractivity contribution is 6.00. The molecule has 386 valence electrons. The van der Waals surface area contributed by atoms with Crippen molar-refractivity contribution in [2.45, 2.75) is 131 Å². The topological polar surface area (TPSA) is 311 Å². The smallest absolute Gasteiger partial charge is 0.319 e. The quantitative estimate of drug-likeness (QED) is 0.0103. The van der Waals surface area contributed by atoms with E-state index in [2.05, 4.69) is 62.7 Å². The third-order valence-corrected chi connectivity index (χ3v) is 12.1. The highest BCUT2D eigenvalue weighted by Gasteiger charge is 2.33. The summed E-state index contributed by atoms with van der Waals surface area (Å²) in [5.74, 6) is -1.16. The van der Waals surface area contributed by atoms with Crippen LogP contribution in [0, 0.1) is 0 Å². The Morgan fingerprint density at radius 3 is 1.41 bits per heavy atom. The van der Waals surface area contributed by atoms with Crippen LogP contribution in [0.3, 0.4) is 0 Å². The summed E-state index contributed by atoms with van der Waals surface area (Å²) in [7, 11) is 0. The summed E-state index contributed by atoms with van der Waals surface area (Å²) in [6.07, 6.45) is 3.88. The fraction of sp³-hybridized carbons (Fsp3) is 0.510. The van der Waals surface area contributed by atoms with E-state index in [1.165, 1.54) is 51.1 Å². The van der Waals surface area contributed by atoms with Crippen molar-refractivity contribution in [2.75, 3.05) is 61.6 Å². The molecule has 0 aliphatic carbocycles. The maximum Gasteiger partial charge on any atom is 0.319 e. The molecule has 0 atom stereocenters. The molecule has 0 bridgehead atoms. The first-order valence-electron chi connectivity index (χ1n) is 24.2. The van der Waals surface area contributed by atoms with Crippen molar-refractivity contribution in [2.24, 2.45) is 5.11 Å². The molecule has 20 nitrogen and oxygen atoms in total. The summed E-state index contributed by atoms with van der Waals surface area (Å²) in [5, 5.41) is 20.7. The fourth-order valence-electron chi connectivity index (χ4n) is 8.44. The van der Waals surface area contributed by atoms with Crippen LogP contribution >= 0.6 is 0 Å². The predicted octanol–water partition coefficient (Wildman–Crippen LogP) is 7.39. The number of benzene rings is 3. The predicted molar refractivity (Wildman–Crippen MR) is 275 cm³/mol. The van der Waals surface area contributed by atoms with Gasteiger partial charge in [0.15, 0.2) is 0 Å². The lowest BCUT2D eigenvalue weighted by molar-refractivity contribution is -0.117. The Morgan fingerprint density at radius 1 is 0.577 bits per heavy atom. The van der Waals surface area contributed by atoms with Gasteiger partial charge in [0.05, 0.1) is 49.2 Å². The molecule has 3 rings (SSSR count). The summed E-state index contributed by atoms with van der Waals surface area (Å²) in [6.45, 7) is 14.5. The lowest BCUT2D eigenvalue weighted by atomic mass is 9.82. The Labute approximate surface area is 416 Å². The Morgan fingerprint density at radius 2 is 0.986 bits per heavy atom. The Bertz CT molecular complexity index is 2370. The summed E-state index contributed by atoms with van der Waals surface area (Å²) < 4.78 is 10.8. The fourth-order valence-corrected chi connectivity index (χ4v) is 8.44. The number of amides is 6. The van der Waals surface area contributed by atoms with Crippen molar-refractivity contribution in [1.82, 2.24) is 21.3 Å². The number of urea groups is 2. The SMILES string of the molecule is CCc1c(CC)c(CNC(=O)Nc2cc(C(=O)NCCOCCOCCN=[N+]=[N-])ccc2N)c(CC)c(CNC(=O)Nc2cc(C(=O)NC(CCC(C)=O)(CCC(C)=O)CCC(C)=O)ccc2N)c1CC. The lowest BCUT2D eigenvalue weighted by Crippen LogP contribution is -2.49. The molecule has 0 saturated heterocycles. The minimum Gasteiger partial charge on any atom is -0.397 e. The van der Waals surface area contributed by atoms with Crippen LogP contribution in [-0.4, -0.2) is 86.3 Å². The third kappa shape index (κ3) is 18.7. The zero-order valence-electron chi connectivity index (χ0n) is 42.4. The number of nitrogens with zero attached hydrogens (tertiary/aromatic N) is 3. The van der Waals surface area contributed by atoms with Gasteiger partial charge < -0.3 is 67.2 Å². The van der Waals surface area contributed by atoms with Gasteiger partial charge in [-0.2, -0.15) is 0 Å². The monoisotopic (exact) mass is 984 g/mol. The highest BCUT2D eigenvalue weighted by atomic mass is 16.5. The number of azide groups is 1. The molecule has 0 fully saturated rings. The molecule has 71 heavy (non-hydrogen) atoms. The number of carbonyl (C=O) groups excluding carboxylic acids is 7. The van der Waals surface area contributed by atoms with E-state index in [4.69, 9.17) is 26.5 Å². The van der Waals surface area contributed by atoms with Crippen LogP contribution < -0.4 is 43.4 Å². The van der Waals surface area contributed by atoms with Gasteiger partial charge in [-0.15, -0.1) is 0 Å². The first-order chi connectivity index (χ1) is 33.9. The van der Waals surface area contributed by atoms with Gasteiger partial charge in [0.2, 0.25) is 0 Å². The minimum atomic E-state index is -1.00. The van der Waals surface area contributed by atoms with Crippen molar-refractivity contribution in [3.8, 4) is 0 Å². The van der Waals surface area contributed by atoms with Crippen LogP contribution in [0.1, 0.15) is 141 Å². The number of nitrogens with two attached hydrogens (primary N) is 2. The number of ether oxygens (including phenoxy) is 2. The van der Waals surface area contributed by atoms with Crippen molar-refractivity contribution in [3.63, 3.8) is 0 Å². The zero-order chi connectivity index (χ0) is 52.5. The standard InChI is InChI=1S/C51H73N11O9/c1-8-37-38(9-2)41(30-56-49(68)59-45-28-35(12-14-43(45)52)47(66)55-22-24-70-26-27-71-25-23-58-62-54)40(11-4)42(39(37)10-3)31-57-50(69)60-46-29-36(13-15-44(46)53)48(67)61-51(19-16-32(5)63,20-17-33(6)64)21-18-34(7)65/h12-15,28-29H,8-11,16-27,30-31,52-53H2,1-7H3,(H,55,66)(H,61,67)(H2,56,59,68)(H2,57,60,69). The molecule has 20 heteroatoms. The molecule has 0 unspecified atom stereocenters. The lowest BCUT2D eigenvalue weighted by Gasteiger charge is -2.35. The number of nitrogen functional groups attached to an aromatic ring is 2. The maximum absolute atomic E-state index is 13.9. The summed E-state index contributed by atoms with van der Waals surface area (Å²) in [5.41, 5.74) is 27.4. The number of nitrogens with one attached hydrogen (secondary N) is 6. The van der Waals surface area contributed by atoms with Gasteiger partial charge in [-0.05, 0) is 141 Å². The largest absolute Gasteiger partial charge is 0.397 e. The third-order valence-electron chi connectivity index (χ3n) is 12.1. The first kappa shape index (κ1) is 58.3. The molecule has 0 saturated carbocycles. The van der Waals surface area contributed by atoms with Crippen LogP contribution in [0.2, 0.25) is 0 Å². The van der Waals surface area contributed by atoms with Crippen molar-refractivity contribution < 1.29 is 43.0 Å². The number of carbonyl (C=O) groups is 7. The number of rotatable bonds is 31. The van der Waals surface area contributed by atoms with Crippen LogP contribution in [0.5, 0.6) is 0 Å². The number of Topliss-reactive ketones (excluding diaryl/α,β-unsaturated/α-hetero) is 3. The second-order valence-electron chi connectivity index (χ2n) is 17.3. The zero-order valence-corrected chi connectivity index (χ0v) is 42.4. The number of anilines is 4. The molecule has 0 aliphatic heterocycles. The van der Waals surface area contributed by atoms with E-state index in [1.54, 1.807) is 6.07 Å². The Balaban J connectivity index is 1.77. The molecule has 3 aromatic rings. The van der Waals surface area contributed by atoms with E-state index >= 15 is 0 Å². The average molecular weight is 984 g/mol. The van der Waals surface area contributed by atoms with Gasteiger partial charge in [-0.1, -0.05) is 32.8 Å². The second kappa shape index (κ2) is 29.9. The molecular weight excluding hydrogens is 911 g/mol. The Kier molecular flexibility index (Phi) is 24.5. The highest BCUT2D eigenvalue weighted by Crippen LogP contribution is 2.32. The number of hydrogen-bond donors (Lipinski definition) is 8. The molecule has 0 aromatic heterocycles. The van der Waals surface area contributed by atoms with E-state index in [0.29, 0.717) is 38.9 Å². The van der Waals surface area contributed by atoms with Crippen LogP contribution in [0.25, 0.3) is 10.4 Å². The van der Waals surface area contributed by atoms with Crippen molar-refractivity contribution >= 4 is 64.0 Å². The van der Waals surface area contributed by atoms with Crippen LogP contribution in [0.4, 0.5) is 32.3 Å². The summed E-state index contributed by atoms with van der Waals surface area (Å²) >= 11 is 0. The summed E-state index contributed by atoms with van der Waals surface area (Å²) in [6, 6.07) is 7.96. The second-order valence-corrected chi connectivity index (χ2v) is 17.3. The molecule has 0 aliphatic rings. The molecule has 3 aromatic carbocycles. The normalized spacial score (nSPS) is 11.0. The number of ketones is 3. The van der Waals surface area contributed by atoms with Gasteiger partial charge in [0.1, 0.15) is 17.3 Å². The molecular formula is C51H73N11O9. The summed E-state index contributed by atoms with van der Waals surface area (Å²) in [4.78, 5) is 92.8. The van der Waals surface area contributed by atoms with E-state index in [-0.39, 0.29) is 135 Å². The average Bonchev–Trinajstić information content (AvgIpc) is 3.34. The van der Waals surface area contributed by atoms with Gasteiger partial charge in [0, 0.05) is 67.0 Å². The van der Waals surface area contributed by atoms with Crippen molar-refractivity contribution in [1.29, 1.82) is 0 Å².